The van der Waals surface area contributed by atoms with Gasteiger partial charge in [0, 0.05) is 0 Å². The fourth-order valence-corrected chi connectivity index (χ4v) is 3.12. The van der Waals surface area contributed by atoms with Crippen LogP contribution in [0.15, 0.2) is 12.2 Å². The van der Waals surface area contributed by atoms with Gasteiger partial charge in [0.25, 0.3) is 0 Å². The Bertz CT molecular complexity index is 322. The lowest BCUT2D eigenvalue weighted by Gasteiger charge is -2.28. The van der Waals surface area contributed by atoms with Crippen LogP contribution in [-0.2, 0) is 4.74 Å². The number of epoxide rings is 1. The number of rotatable bonds is 1. The summed E-state index contributed by atoms with van der Waals surface area (Å²) < 4.78 is 5.75. The standard InChI is InChI=1S/C15H26O3/c1-9(2)11-6-5-10(3)12(16)7-8-15(4,17)14-13(11)18-14/h9,11-14,16-17H,3,5-8H2,1-2,4H3/t11-,12+,13-,14+,15-/m1/s1. The van der Waals surface area contributed by atoms with E-state index in [0.29, 0.717) is 24.7 Å². The lowest BCUT2D eigenvalue weighted by Crippen LogP contribution is -2.36. The van der Waals surface area contributed by atoms with E-state index in [-0.39, 0.29) is 12.2 Å². The van der Waals surface area contributed by atoms with Crippen molar-refractivity contribution < 1.29 is 14.9 Å². The van der Waals surface area contributed by atoms with Crippen LogP contribution in [0.3, 0.4) is 0 Å². The van der Waals surface area contributed by atoms with Gasteiger partial charge in [0.2, 0.25) is 0 Å². The van der Waals surface area contributed by atoms with Gasteiger partial charge in [-0.1, -0.05) is 20.4 Å². The first-order valence-corrected chi connectivity index (χ1v) is 7.06. The van der Waals surface area contributed by atoms with Crippen molar-refractivity contribution in [1.82, 2.24) is 0 Å². The molecule has 3 nitrogen and oxygen atoms in total. The van der Waals surface area contributed by atoms with Gasteiger partial charge in [0.15, 0.2) is 0 Å². The molecule has 1 heterocycles. The van der Waals surface area contributed by atoms with Crippen molar-refractivity contribution in [3.8, 4) is 0 Å². The van der Waals surface area contributed by atoms with Gasteiger partial charge in [0.05, 0.1) is 17.8 Å². The van der Waals surface area contributed by atoms with Crippen LogP contribution in [-0.4, -0.2) is 34.1 Å². The molecule has 1 aliphatic carbocycles. The molecule has 18 heavy (non-hydrogen) atoms. The lowest BCUT2D eigenvalue weighted by atomic mass is 9.79. The van der Waals surface area contributed by atoms with Gasteiger partial charge in [-0.15, -0.1) is 0 Å². The number of hydrogen-bond donors (Lipinski definition) is 2. The number of hydrogen-bond acceptors (Lipinski definition) is 3. The van der Waals surface area contributed by atoms with E-state index >= 15 is 0 Å². The van der Waals surface area contributed by atoms with Crippen LogP contribution >= 0.6 is 0 Å². The Kier molecular flexibility index (Phi) is 3.86. The Morgan fingerprint density at radius 3 is 2.67 bits per heavy atom. The van der Waals surface area contributed by atoms with Gasteiger partial charge < -0.3 is 14.9 Å². The molecule has 0 amide bonds. The monoisotopic (exact) mass is 254 g/mol. The Labute approximate surface area is 110 Å². The zero-order chi connectivity index (χ0) is 13.5. The SMILES string of the molecule is C=C1CC[C@H](C(C)C)[C@H]2O[C@@H]2[C@](C)(O)CC[C@@H]1O. The molecule has 0 spiro atoms. The highest BCUT2D eigenvalue weighted by molar-refractivity contribution is 5.08. The zero-order valence-electron chi connectivity index (χ0n) is 11.7. The predicted octanol–water partition coefficient (Wildman–Crippen LogP) is 2.27. The molecule has 0 radical (unpaired) electrons. The molecular formula is C15H26O3. The second-order valence-electron chi connectivity index (χ2n) is 6.54. The smallest absolute Gasteiger partial charge is 0.113 e. The third-order valence-corrected chi connectivity index (χ3v) is 4.61. The number of aliphatic hydroxyl groups excluding tert-OH is 1. The fraction of sp³-hybridized carbons (Fsp3) is 0.867. The molecule has 0 aromatic rings. The molecule has 2 aliphatic rings. The Balaban J connectivity index is 2.13. The second-order valence-corrected chi connectivity index (χ2v) is 6.54. The molecule has 1 saturated carbocycles. The summed E-state index contributed by atoms with van der Waals surface area (Å²) in [5.41, 5.74) is 0.0756. The summed E-state index contributed by atoms with van der Waals surface area (Å²) in [5.74, 6) is 0.976. The second kappa shape index (κ2) is 4.95. The Morgan fingerprint density at radius 1 is 1.39 bits per heavy atom. The van der Waals surface area contributed by atoms with E-state index in [1.807, 2.05) is 6.92 Å². The van der Waals surface area contributed by atoms with Crippen LogP contribution in [0.5, 0.6) is 0 Å². The van der Waals surface area contributed by atoms with E-state index in [4.69, 9.17) is 4.74 Å². The van der Waals surface area contributed by atoms with Gasteiger partial charge in [-0.2, -0.15) is 0 Å². The van der Waals surface area contributed by atoms with E-state index < -0.39 is 11.7 Å². The van der Waals surface area contributed by atoms with Gasteiger partial charge in [0.1, 0.15) is 6.10 Å². The van der Waals surface area contributed by atoms with E-state index in [2.05, 4.69) is 20.4 Å². The molecule has 5 atom stereocenters. The molecular weight excluding hydrogens is 228 g/mol. The number of fused-ring (bicyclic) bond motifs is 1. The van der Waals surface area contributed by atoms with Crippen LogP contribution in [0.25, 0.3) is 0 Å². The topological polar surface area (TPSA) is 53.0 Å². The van der Waals surface area contributed by atoms with Crippen molar-refractivity contribution in [2.75, 3.05) is 0 Å². The summed E-state index contributed by atoms with van der Waals surface area (Å²) in [6.45, 7) is 10.2. The van der Waals surface area contributed by atoms with Crippen LogP contribution < -0.4 is 0 Å². The summed E-state index contributed by atoms with van der Waals surface area (Å²) in [6.07, 6.45) is 2.64. The van der Waals surface area contributed by atoms with Crippen LogP contribution in [0, 0.1) is 11.8 Å². The Hall–Kier alpha value is -0.380. The molecule has 0 unspecified atom stereocenters. The van der Waals surface area contributed by atoms with Gasteiger partial charge in [-0.3, -0.25) is 0 Å². The first kappa shape index (κ1) is 14.0. The van der Waals surface area contributed by atoms with E-state index in [1.54, 1.807) is 0 Å². The van der Waals surface area contributed by atoms with E-state index in [9.17, 15) is 10.2 Å². The number of ether oxygens (including phenoxy) is 1. The van der Waals surface area contributed by atoms with Crippen molar-refractivity contribution in [3.05, 3.63) is 12.2 Å². The maximum Gasteiger partial charge on any atom is 0.113 e. The highest BCUT2D eigenvalue weighted by Gasteiger charge is 2.55. The minimum atomic E-state index is -0.823. The molecule has 3 heteroatoms. The highest BCUT2D eigenvalue weighted by Crippen LogP contribution is 2.45. The maximum atomic E-state index is 10.4. The summed E-state index contributed by atoms with van der Waals surface area (Å²) >= 11 is 0. The normalized spacial score (nSPS) is 45.8. The van der Waals surface area contributed by atoms with Crippen LogP contribution in [0.2, 0.25) is 0 Å². The van der Waals surface area contributed by atoms with Gasteiger partial charge >= 0.3 is 0 Å². The summed E-state index contributed by atoms with van der Waals surface area (Å²) in [4.78, 5) is 0. The molecule has 2 N–H and O–H groups in total. The van der Waals surface area contributed by atoms with E-state index in [1.165, 1.54) is 0 Å². The van der Waals surface area contributed by atoms with Crippen LogP contribution in [0.1, 0.15) is 46.5 Å². The quantitative estimate of drug-likeness (QED) is 0.557. The highest BCUT2D eigenvalue weighted by atomic mass is 16.6. The molecule has 2 fully saturated rings. The average molecular weight is 254 g/mol. The van der Waals surface area contributed by atoms with Crippen molar-refractivity contribution in [3.63, 3.8) is 0 Å². The zero-order valence-corrected chi connectivity index (χ0v) is 11.7. The summed E-state index contributed by atoms with van der Waals surface area (Å²) in [6, 6.07) is 0. The summed E-state index contributed by atoms with van der Waals surface area (Å²) in [7, 11) is 0. The van der Waals surface area contributed by atoms with Gasteiger partial charge in [-0.25, -0.2) is 0 Å². The van der Waals surface area contributed by atoms with E-state index in [0.717, 1.165) is 18.4 Å². The van der Waals surface area contributed by atoms with Crippen molar-refractivity contribution >= 4 is 0 Å². The average Bonchev–Trinajstić information content (AvgIpc) is 3.05. The first-order valence-electron chi connectivity index (χ1n) is 7.06. The molecule has 0 aromatic carbocycles. The molecule has 0 aromatic heterocycles. The molecule has 104 valence electrons. The minimum absolute atomic E-state index is 0.0523. The van der Waals surface area contributed by atoms with Crippen LogP contribution in [0.4, 0.5) is 0 Å². The Morgan fingerprint density at radius 2 is 2.06 bits per heavy atom. The van der Waals surface area contributed by atoms with Crippen molar-refractivity contribution in [2.45, 2.75) is 70.4 Å². The molecule has 1 saturated heterocycles. The predicted molar refractivity (Wildman–Crippen MR) is 71.2 cm³/mol. The van der Waals surface area contributed by atoms with Gasteiger partial charge in [-0.05, 0) is 50.0 Å². The third kappa shape index (κ3) is 2.79. The van der Waals surface area contributed by atoms with Crippen molar-refractivity contribution in [1.29, 1.82) is 0 Å². The molecule has 1 aliphatic heterocycles. The fourth-order valence-electron chi connectivity index (χ4n) is 3.12. The first-order chi connectivity index (χ1) is 8.33. The molecule has 0 bridgehead atoms. The number of aliphatic hydroxyl groups is 2. The summed E-state index contributed by atoms with van der Waals surface area (Å²) in [5, 5.41) is 20.4. The third-order valence-electron chi connectivity index (χ3n) is 4.61. The lowest BCUT2D eigenvalue weighted by molar-refractivity contribution is 0.0100. The molecule has 2 rings (SSSR count). The largest absolute Gasteiger partial charge is 0.389 e. The minimum Gasteiger partial charge on any atom is -0.389 e. The maximum absolute atomic E-state index is 10.4. The van der Waals surface area contributed by atoms with Crippen molar-refractivity contribution in [2.24, 2.45) is 11.8 Å².